The van der Waals surface area contributed by atoms with Crippen molar-refractivity contribution in [3.05, 3.63) is 11.3 Å². The van der Waals surface area contributed by atoms with Crippen molar-refractivity contribution in [2.24, 2.45) is 5.92 Å². The van der Waals surface area contributed by atoms with Crippen molar-refractivity contribution in [3.63, 3.8) is 0 Å². The number of carbonyl (C=O) groups excluding carboxylic acids is 3. The van der Waals surface area contributed by atoms with Crippen molar-refractivity contribution in [1.82, 2.24) is 5.32 Å². The Bertz CT molecular complexity index is 407. The van der Waals surface area contributed by atoms with E-state index in [2.05, 4.69) is 5.32 Å². The molecule has 0 heterocycles. The number of hydrogen-bond donors (Lipinski definition) is 2. The molecule has 2 N–H and O–H groups in total. The summed E-state index contributed by atoms with van der Waals surface area (Å²) in [6.07, 6.45) is 0. The van der Waals surface area contributed by atoms with Crippen molar-refractivity contribution in [2.75, 3.05) is 0 Å². The highest BCUT2D eigenvalue weighted by Gasteiger charge is 2.35. The number of allylic oxidation sites excluding steroid dienone is 2. The van der Waals surface area contributed by atoms with E-state index >= 15 is 0 Å². The molecule has 0 aromatic heterocycles. The van der Waals surface area contributed by atoms with Gasteiger partial charge in [0.05, 0.1) is 17.3 Å². The number of carbonyl (C=O) groups is 3. The highest BCUT2D eigenvalue weighted by atomic mass is 16.2. The quantitative estimate of drug-likeness (QED) is 0.645. The molecule has 0 fully saturated rings. The van der Waals surface area contributed by atoms with Gasteiger partial charge in [0, 0.05) is 12.5 Å². The van der Waals surface area contributed by atoms with Crippen LogP contribution < -0.4 is 5.32 Å². The lowest BCUT2D eigenvalue weighted by Gasteiger charge is -2.21. The van der Waals surface area contributed by atoms with Gasteiger partial charge in [0.15, 0.2) is 5.78 Å². The minimum atomic E-state index is -0.775. The lowest BCUT2D eigenvalue weighted by atomic mass is 9.85. The van der Waals surface area contributed by atoms with Crippen molar-refractivity contribution in [1.29, 1.82) is 5.41 Å². The fourth-order valence-electron chi connectivity index (χ4n) is 1.38. The Labute approximate surface area is 87.0 Å². The summed E-state index contributed by atoms with van der Waals surface area (Å²) in [5.74, 6) is -2.03. The molecule has 0 saturated carbocycles. The Morgan fingerprint density at radius 3 is 2.40 bits per heavy atom. The second-order valence-corrected chi connectivity index (χ2v) is 3.51. The van der Waals surface area contributed by atoms with Crippen LogP contribution in [0, 0.1) is 11.3 Å². The summed E-state index contributed by atoms with van der Waals surface area (Å²) in [7, 11) is 0. The van der Waals surface area contributed by atoms with E-state index in [0.29, 0.717) is 0 Å². The minimum absolute atomic E-state index is 0.0241. The zero-order valence-corrected chi connectivity index (χ0v) is 8.80. The van der Waals surface area contributed by atoms with Gasteiger partial charge in [0.25, 0.3) is 0 Å². The van der Waals surface area contributed by atoms with Crippen LogP contribution in [0.15, 0.2) is 11.3 Å². The fraction of sp³-hybridized carbons (Fsp3) is 0.400. The second-order valence-electron chi connectivity index (χ2n) is 3.51. The molecule has 1 aliphatic rings. The molecule has 0 aromatic carbocycles. The summed E-state index contributed by atoms with van der Waals surface area (Å²) in [5, 5.41) is 9.75. The normalized spacial score (nSPS) is 22.1. The predicted octanol–water partition coefficient (Wildman–Crippen LogP) is 0.204. The van der Waals surface area contributed by atoms with Gasteiger partial charge in [-0.25, -0.2) is 0 Å². The standard InChI is InChI=1S/C10H12N2O3/c1-4-7(11)9(14)5(2)8(10(4)15)12-6(3)13/h4,11H,1-3H3,(H,12,13). The summed E-state index contributed by atoms with van der Waals surface area (Å²) < 4.78 is 0. The van der Waals surface area contributed by atoms with Crippen LogP contribution in [0.5, 0.6) is 0 Å². The van der Waals surface area contributed by atoms with Crippen molar-refractivity contribution < 1.29 is 14.4 Å². The van der Waals surface area contributed by atoms with Crippen LogP contribution >= 0.6 is 0 Å². The average Bonchev–Trinajstić information content (AvgIpc) is 2.18. The van der Waals surface area contributed by atoms with Crippen LogP contribution in [-0.2, 0) is 14.4 Å². The molecule has 5 nitrogen and oxygen atoms in total. The second kappa shape index (κ2) is 3.76. The number of Topliss-reactive ketones (excluding diaryl/α,β-unsaturated/α-hetero) is 2. The molecule has 5 heteroatoms. The number of nitrogens with one attached hydrogen (secondary N) is 2. The average molecular weight is 208 g/mol. The first-order valence-corrected chi connectivity index (χ1v) is 4.52. The lowest BCUT2D eigenvalue weighted by molar-refractivity contribution is -0.123. The first-order chi connectivity index (χ1) is 6.86. The number of amides is 1. The molecular formula is C10H12N2O3. The van der Waals surface area contributed by atoms with Gasteiger partial charge in [0.1, 0.15) is 0 Å². The van der Waals surface area contributed by atoms with Crippen LogP contribution in [0.3, 0.4) is 0 Å². The monoisotopic (exact) mass is 208 g/mol. The third kappa shape index (κ3) is 1.86. The highest BCUT2D eigenvalue weighted by Crippen LogP contribution is 2.19. The van der Waals surface area contributed by atoms with Gasteiger partial charge in [-0.3, -0.25) is 14.4 Å². The van der Waals surface area contributed by atoms with E-state index in [0.717, 1.165) is 0 Å². The van der Waals surface area contributed by atoms with Crippen molar-refractivity contribution in [3.8, 4) is 0 Å². The number of ketones is 2. The molecule has 1 unspecified atom stereocenters. The maximum atomic E-state index is 11.7. The molecule has 0 aromatic rings. The fourth-order valence-corrected chi connectivity index (χ4v) is 1.38. The minimum Gasteiger partial charge on any atom is -0.323 e. The van der Waals surface area contributed by atoms with Crippen LogP contribution in [0.25, 0.3) is 0 Å². The first-order valence-electron chi connectivity index (χ1n) is 4.52. The van der Waals surface area contributed by atoms with E-state index in [4.69, 9.17) is 5.41 Å². The summed E-state index contributed by atoms with van der Waals surface area (Å²) in [6, 6.07) is 0. The molecule has 1 atom stereocenters. The molecule has 1 rings (SSSR count). The van der Waals surface area contributed by atoms with E-state index in [1.165, 1.54) is 20.8 Å². The molecular weight excluding hydrogens is 196 g/mol. The third-order valence-electron chi connectivity index (χ3n) is 2.33. The van der Waals surface area contributed by atoms with Gasteiger partial charge in [0.2, 0.25) is 11.7 Å². The molecule has 0 radical (unpaired) electrons. The van der Waals surface area contributed by atoms with Gasteiger partial charge in [-0.05, 0) is 13.8 Å². The van der Waals surface area contributed by atoms with Crippen LogP contribution in [0.1, 0.15) is 20.8 Å². The van der Waals surface area contributed by atoms with E-state index in [1.807, 2.05) is 0 Å². The van der Waals surface area contributed by atoms with Crippen molar-refractivity contribution >= 4 is 23.2 Å². The lowest BCUT2D eigenvalue weighted by Crippen LogP contribution is -2.41. The molecule has 1 aliphatic carbocycles. The van der Waals surface area contributed by atoms with Gasteiger partial charge in [-0.2, -0.15) is 0 Å². The van der Waals surface area contributed by atoms with Crippen LogP contribution in [0.2, 0.25) is 0 Å². The van der Waals surface area contributed by atoms with Crippen molar-refractivity contribution in [2.45, 2.75) is 20.8 Å². The smallest absolute Gasteiger partial charge is 0.221 e. The zero-order chi connectivity index (χ0) is 11.7. The van der Waals surface area contributed by atoms with E-state index in [-0.39, 0.29) is 22.8 Å². The maximum Gasteiger partial charge on any atom is 0.221 e. The summed E-state index contributed by atoms with van der Waals surface area (Å²) in [6.45, 7) is 4.19. The molecule has 0 aliphatic heterocycles. The largest absolute Gasteiger partial charge is 0.323 e. The van der Waals surface area contributed by atoms with Crippen LogP contribution in [0.4, 0.5) is 0 Å². The maximum absolute atomic E-state index is 11.7. The van der Waals surface area contributed by atoms with Gasteiger partial charge in [-0.15, -0.1) is 0 Å². The molecule has 0 bridgehead atoms. The molecule has 0 saturated heterocycles. The summed E-state index contributed by atoms with van der Waals surface area (Å²) in [5.41, 5.74) is -0.0547. The first kappa shape index (κ1) is 11.3. The molecule has 80 valence electrons. The Morgan fingerprint density at radius 2 is 1.93 bits per heavy atom. The zero-order valence-electron chi connectivity index (χ0n) is 8.80. The van der Waals surface area contributed by atoms with Gasteiger partial charge >= 0.3 is 0 Å². The Morgan fingerprint density at radius 1 is 1.40 bits per heavy atom. The summed E-state index contributed by atoms with van der Waals surface area (Å²) >= 11 is 0. The molecule has 15 heavy (non-hydrogen) atoms. The SMILES string of the molecule is CC(=O)NC1=C(C)C(=O)C(=N)C(C)C1=O. The predicted molar refractivity (Wildman–Crippen MR) is 53.4 cm³/mol. The van der Waals surface area contributed by atoms with Crippen LogP contribution in [-0.4, -0.2) is 23.2 Å². The Kier molecular flexibility index (Phi) is 2.83. The number of hydrogen-bond acceptors (Lipinski definition) is 4. The summed E-state index contributed by atoms with van der Waals surface area (Å²) in [4.78, 5) is 34.0. The highest BCUT2D eigenvalue weighted by molar-refractivity contribution is 6.51. The van der Waals surface area contributed by atoms with E-state index in [9.17, 15) is 14.4 Å². The molecule has 1 amide bonds. The Balaban J connectivity index is 3.21. The van der Waals surface area contributed by atoms with Gasteiger partial charge in [-0.1, -0.05) is 0 Å². The molecule has 0 spiro atoms. The Hall–Kier alpha value is -1.78. The van der Waals surface area contributed by atoms with E-state index < -0.39 is 17.6 Å². The topological polar surface area (TPSA) is 87.1 Å². The number of rotatable bonds is 1. The van der Waals surface area contributed by atoms with E-state index in [1.54, 1.807) is 0 Å². The van der Waals surface area contributed by atoms with Gasteiger partial charge < -0.3 is 10.7 Å². The third-order valence-corrected chi connectivity index (χ3v) is 2.33.